The molecule has 0 aliphatic carbocycles. The van der Waals surface area contributed by atoms with Crippen molar-refractivity contribution in [3.63, 3.8) is 0 Å². The third-order valence-corrected chi connectivity index (χ3v) is 3.99. The number of hydrogen-bond donors (Lipinski definition) is 0. The van der Waals surface area contributed by atoms with E-state index in [0.717, 1.165) is 4.47 Å². The van der Waals surface area contributed by atoms with E-state index in [9.17, 15) is 9.90 Å². The third-order valence-electron chi connectivity index (χ3n) is 3.46. The summed E-state index contributed by atoms with van der Waals surface area (Å²) in [6.45, 7) is 3.70. The van der Waals surface area contributed by atoms with Crippen molar-refractivity contribution < 1.29 is 9.90 Å². The maximum absolute atomic E-state index is 10.1. The van der Waals surface area contributed by atoms with Crippen LogP contribution in [0.15, 0.2) is 59.1 Å². The van der Waals surface area contributed by atoms with Gasteiger partial charge in [-0.3, -0.25) is 0 Å². The lowest BCUT2D eigenvalue weighted by atomic mass is 10.1. The molecule has 0 saturated carbocycles. The van der Waals surface area contributed by atoms with Crippen molar-refractivity contribution in [3.8, 4) is 0 Å². The standard InChI is InChI=1S/C14H11Br.C6H12O2/c15-14-10-8-13(9-11-14)7-6-12-4-2-1-3-5-12;1-3-5(4-2)6(7)8/h1-11H;5H,3-4H2,1-2H3,(H,7,8)/p-1/b7-6+;. The molecular weight excluding hydrogens is 352 g/mol. The molecular formula is C20H22BrO2-. The Balaban J connectivity index is 0.000000284. The van der Waals surface area contributed by atoms with E-state index in [1.807, 2.05) is 44.2 Å². The SMILES string of the molecule is Brc1ccc(/C=C/c2ccccc2)cc1.CCC(CC)C(=O)[O-]. The van der Waals surface area contributed by atoms with E-state index < -0.39 is 5.97 Å². The lowest BCUT2D eigenvalue weighted by Crippen LogP contribution is -2.30. The first-order chi connectivity index (χ1) is 11.1. The second kappa shape index (κ2) is 10.8. The maximum atomic E-state index is 10.1. The Morgan fingerprint density at radius 1 is 0.957 bits per heavy atom. The minimum absolute atomic E-state index is 0.241. The Morgan fingerprint density at radius 3 is 1.83 bits per heavy atom. The Labute approximate surface area is 147 Å². The number of benzene rings is 2. The zero-order valence-corrected chi connectivity index (χ0v) is 15.1. The summed E-state index contributed by atoms with van der Waals surface area (Å²) in [7, 11) is 0. The van der Waals surface area contributed by atoms with Gasteiger partial charge < -0.3 is 9.90 Å². The molecule has 0 atom stereocenters. The molecule has 0 saturated heterocycles. The van der Waals surface area contributed by atoms with E-state index in [-0.39, 0.29) is 5.92 Å². The molecule has 0 N–H and O–H groups in total. The van der Waals surface area contributed by atoms with Crippen molar-refractivity contribution in [1.82, 2.24) is 0 Å². The van der Waals surface area contributed by atoms with Crippen molar-refractivity contribution >= 4 is 34.1 Å². The van der Waals surface area contributed by atoms with Gasteiger partial charge in [0.05, 0.1) is 0 Å². The molecule has 2 aromatic rings. The second-order valence-corrected chi connectivity index (χ2v) is 6.04. The number of carboxylic acid groups (broad SMARTS) is 1. The van der Waals surface area contributed by atoms with E-state index in [2.05, 4.69) is 52.3 Å². The molecule has 0 aliphatic rings. The van der Waals surface area contributed by atoms with Crippen LogP contribution in [0.4, 0.5) is 0 Å². The van der Waals surface area contributed by atoms with Gasteiger partial charge in [-0.25, -0.2) is 0 Å². The summed E-state index contributed by atoms with van der Waals surface area (Å²) < 4.78 is 1.11. The van der Waals surface area contributed by atoms with Gasteiger partial charge in [0.15, 0.2) is 0 Å². The number of hydrogen-bond acceptors (Lipinski definition) is 2. The average molecular weight is 374 g/mol. The van der Waals surface area contributed by atoms with Crippen molar-refractivity contribution in [2.45, 2.75) is 26.7 Å². The molecule has 2 aromatic carbocycles. The number of carbonyl (C=O) groups excluding carboxylic acids is 1. The first kappa shape index (κ1) is 19.2. The van der Waals surface area contributed by atoms with Crippen LogP contribution in [0.25, 0.3) is 12.2 Å². The predicted octanol–water partition coefficient (Wildman–Crippen LogP) is 4.79. The van der Waals surface area contributed by atoms with Gasteiger partial charge in [-0.1, -0.05) is 84.4 Å². The zero-order chi connectivity index (χ0) is 17.1. The summed E-state index contributed by atoms with van der Waals surface area (Å²) in [5.41, 5.74) is 2.43. The third kappa shape index (κ3) is 7.80. The molecule has 23 heavy (non-hydrogen) atoms. The molecule has 122 valence electrons. The monoisotopic (exact) mass is 373 g/mol. The second-order valence-electron chi connectivity index (χ2n) is 5.13. The van der Waals surface area contributed by atoms with Crippen molar-refractivity contribution in [2.75, 3.05) is 0 Å². The quantitative estimate of drug-likeness (QED) is 0.706. The van der Waals surface area contributed by atoms with E-state index in [0.29, 0.717) is 12.8 Å². The minimum atomic E-state index is -0.921. The topological polar surface area (TPSA) is 40.1 Å². The highest BCUT2D eigenvalue weighted by molar-refractivity contribution is 9.10. The molecule has 0 aromatic heterocycles. The van der Waals surface area contributed by atoms with Crippen LogP contribution in [-0.2, 0) is 4.79 Å². The summed E-state index contributed by atoms with van der Waals surface area (Å²) in [6.07, 6.45) is 5.59. The van der Waals surface area contributed by atoms with Crippen LogP contribution < -0.4 is 5.11 Å². The Kier molecular flexibility index (Phi) is 9.00. The van der Waals surface area contributed by atoms with Gasteiger partial charge in [0, 0.05) is 10.4 Å². The summed E-state index contributed by atoms with van der Waals surface area (Å²) in [6, 6.07) is 18.6. The van der Waals surface area contributed by atoms with Crippen molar-refractivity contribution in [1.29, 1.82) is 0 Å². The van der Waals surface area contributed by atoms with E-state index in [1.54, 1.807) is 0 Å². The van der Waals surface area contributed by atoms with Crippen LogP contribution in [0.3, 0.4) is 0 Å². The Hall–Kier alpha value is -1.87. The van der Waals surface area contributed by atoms with Crippen LogP contribution in [0.1, 0.15) is 37.8 Å². The normalized spacial score (nSPS) is 10.4. The fraction of sp³-hybridized carbons (Fsp3) is 0.250. The molecule has 0 fully saturated rings. The van der Waals surface area contributed by atoms with Gasteiger partial charge in [-0.15, -0.1) is 0 Å². The molecule has 2 rings (SSSR count). The number of aliphatic carboxylic acids is 1. The average Bonchev–Trinajstić information content (AvgIpc) is 2.57. The predicted molar refractivity (Wildman–Crippen MR) is 98.6 cm³/mol. The first-order valence-corrected chi connectivity index (χ1v) is 8.55. The highest BCUT2D eigenvalue weighted by atomic mass is 79.9. The molecule has 0 unspecified atom stereocenters. The summed E-state index contributed by atoms with van der Waals surface area (Å²) >= 11 is 3.42. The highest BCUT2D eigenvalue weighted by Gasteiger charge is 2.01. The van der Waals surface area contributed by atoms with Gasteiger partial charge in [0.25, 0.3) is 0 Å². The zero-order valence-electron chi connectivity index (χ0n) is 13.5. The van der Waals surface area contributed by atoms with Crippen LogP contribution >= 0.6 is 15.9 Å². The van der Waals surface area contributed by atoms with Crippen LogP contribution in [0, 0.1) is 5.92 Å². The van der Waals surface area contributed by atoms with Gasteiger partial charge in [-0.05, 0) is 42.0 Å². The molecule has 2 nitrogen and oxygen atoms in total. The summed E-state index contributed by atoms with van der Waals surface area (Å²) in [5.74, 6) is -1.16. The van der Waals surface area contributed by atoms with Crippen LogP contribution in [0.2, 0.25) is 0 Å². The van der Waals surface area contributed by atoms with E-state index in [1.165, 1.54) is 11.1 Å². The molecule has 0 heterocycles. The lowest BCUT2D eigenvalue weighted by Gasteiger charge is -2.11. The molecule has 0 bridgehead atoms. The summed E-state index contributed by atoms with van der Waals surface area (Å²) in [4.78, 5) is 10.1. The fourth-order valence-electron chi connectivity index (χ4n) is 1.95. The van der Waals surface area contributed by atoms with Gasteiger partial charge in [0.1, 0.15) is 0 Å². The lowest BCUT2D eigenvalue weighted by molar-refractivity contribution is -0.311. The summed E-state index contributed by atoms with van der Waals surface area (Å²) in [5, 5.41) is 10.1. The minimum Gasteiger partial charge on any atom is -0.550 e. The smallest absolute Gasteiger partial charge is 0.0445 e. The van der Waals surface area contributed by atoms with E-state index >= 15 is 0 Å². The Bertz CT molecular complexity index is 599. The largest absolute Gasteiger partial charge is 0.550 e. The molecule has 0 aliphatic heterocycles. The number of carboxylic acids is 1. The maximum Gasteiger partial charge on any atom is 0.0445 e. The molecule has 0 spiro atoms. The van der Waals surface area contributed by atoms with Gasteiger partial charge in [-0.2, -0.15) is 0 Å². The van der Waals surface area contributed by atoms with Gasteiger partial charge in [0.2, 0.25) is 0 Å². The number of rotatable bonds is 5. The molecule has 0 radical (unpaired) electrons. The molecule has 0 amide bonds. The number of carbonyl (C=O) groups is 1. The van der Waals surface area contributed by atoms with Crippen molar-refractivity contribution in [2.24, 2.45) is 5.92 Å². The van der Waals surface area contributed by atoms with Gasteiger partial charge >= 0.3 is 0 Å². The van der Waals surface area contributed by atoms with Crippen LogP contribution in [0.5, 0.6) is 0 Å². The van der Waals surface area contributed by atoms with Crippen molar-refractivity contribution in [3.05, 3.63) is 70.2 Å². The highest BCUT2D eigenvalue weighted by Crippen LogP contribution is 2.13. The van der Waals surface area contributed by atoms with E-state index in [4.69, 9.17) is 0 Å². The Morgan fingerprint density at radius 2 is 1.43 bits per heavy atom. The molecule has 3 heteroatoms. The van der Waals surface area contributed by atoms with Crippen LogP contribution in [-0.4, -0.2) is 5.97 Å². The first-order valence-electron chi connectivity index (χ1n) is 7.76. The fourth-order valence-corrected chi connectivity index (χ4v) is 2.22. The number of halogens is 1.